The van der Waals surface area contributed by atoms with Crippen molar-refractivity contribution in [2.75, 3.05) is 0 Å². The van der Waals surface area contributed by atoms with Crippen molar-refractivity contribution in [3.63, 3.8) is 0 Å². The maximum Gasteiger partial charge on any atom is 0.0940 e. The fourth-order valence-electron chi connectivity index (χ4n) is 0.611. The van der Waals surface area contributed by atoms with Crippen LogP contribution in [-0.2, 0) is 0 Å². The third kappa shape index (κ3) is 3.78. The van der Waals surface area contributed by atoms with Gasteiger partial charge in [0.1, 0.15) is 0 Å². The Hall–Kier alpha value is -0.770. The predicted molar refractivity (Wildman–Crippen MR) is 38.8 cm³/mol. The van der Waals surface area contributed by atoms with Gasteiger partial charge in [-0.25, -0.2) is 0 Å². The highest BCUT2D eigenvalue weighted by Gasteiger charge is 1.99. The van der Waals surface area contributed by atoms with Crippen LogP contribution in [0.3, 0.4) is 0 Å². The summed E-state index contributed by atoms with van der Waals surface area (Å²) in [5, 5.41) is 8.33. The Morgan fingerprint density at radius 1 is 1.78 bits per heavy atom. The minimum atomic E-state index is 0.608. The van der Waals surface area contributed by atoms with Crippen molar-refractivity contribution in [3.8, 4) is 6.07 Å². The standard InChI is InChI=1S/C8H13N/c1-4-7(2)5-8(3)6-9/h7H,3-5H2,1-2H3/t7-/m0/s1. The first-order valence-electron chi connectivity index (χ1n) is 3.28. The summed E-state index contributed by atoms with van der Waals surface area (Å²) in [7, 11) is 0. The van der Waals surface area contributed by atoms with Crippen LogP contribution in [0.25, 0.3) is 0 Å². The number of hydrogen-bond acceptors (Lipinski definition) is 1. The third-order valence-electron chi connectivity index (χ3n) is 1.45. The van der Waals surface area contributed by atoms with Crippen LogP contribution >= 0.6 is 0 Å². The first-order chi connectivity index (χ1) is 4.20. The molecular formula is C8H13N. The van der Waals surface area contributed by atoms with Gasteiger partial charge in [-0.05, 0) is 12.3 Å². The second-order valence-electron chi connectivity index (χ2n) is 2.43. The molecule has 50 valence electrons. The molecule has 0 rings (SSSR count). The fraction of sp³-hybridized carbons (Fsp3) is 0.625. The second kappa shape index (κ2) is 4.14. The van der Waals surface area contributed by atoms with Crippen LogP contribution in [0, 0.1) is 17.2 Å². The van der Waals surface area contributed by atoms with E-state index in [-0.39, 0.29) is 0 Å². The summed E-state index contributed by atoms with van der Waals surface area (Å²) in [5.74, 6) is 0.608. The van der Waals surface area contributed by atoms with Gasteiger partial charge in [0.25, 0.3) is 0 Å². The van der Waals surface area contributed by atoms with Crippen LogP contribution in [0.2, 0.25) is 0 Å². The van der Waals surface area contributed by atoms with Gasteiger partial charge in [0.15, 0.2) is 0 Å². The quantitative estimate of drug-likeness (QED) is 0.529. The molecule has 0 fully saturated rings. The molecule has 0 saturated carbocycles. The highest BCUT2D eigenvalue weighted by atomic mass is 14.2. The van der Waals surface area contributed by atoms with Gasteiger partial charge in [0.05, 0.1) is 6.07 Å². The van der Waals surface area contributed by atoms with Crippen molar-refractivity contribution in [2.45, 2.75) is 26.7 Å². The van der Waals surface area contributed by atoms with Gasteiger partial charge in [-0.15, -0.1) is 0 Å². The molecule has 0 aromatic carbocycles. The van der Waals surface area contributed by atoms with E-state index >= 15 is 0 Å². The third-order valence-corrected chi connectivity index (χ3v) is 1.45. The van der Waals surface area contributed by atoms with Crippen LogP contribution < -0.4 is 0 Å². The van der Waals surface area contributed by atoms with Gasteiger partial charge >= 0.3 is 0 Å². The van der Waals surface area contributed by atoms with E-state index in [1.807, 2.05) is 6.07 Å². The molecule has 1 atom stereocenters. The van der Waals surface area contributed by atoms with E-state index in [0.717, 1.165) is 12.8 Å². The van der Waals surface area contributed by atoms with E-state index < -0.39 is 0 Å². The molecule has 9 heavy (non-hydrogen) atoms. The average molecular weight is 123 g/mol. The Labute approximate surface area is 57.0 Å². The van der Waals surface area contributed by atoms with Gasteiger partial charge in [0.2, 0.25) is 0 Å². The molecule has 0 aliphatic rings. The lowest BCUT2D eigenvalue weighted by Gasteiger charge is -2.03. The summed E-state index contributed by atoms with van der Waals surface area (Å²) in [6, 6.07) is 2.04. The highest BCUT2D eigenvalue weighted by Crippen LogP contribution is 2.11. The van der Waals surface area contributed by atoms with Gasteiger partial charge in [-0.3, -0.25) is 0 Å². The topological polar surface area (TPSA) is 23.8 Å². The molecule has 0 aliphatic carbocycles. The van der Waals surface area contributed by atoms with E-state index in [1.165, 1.54) is 0 Å². The van der Waals surface area contributed by atoms with E-state index in [1.54, 1.807) is 0 Å². The fourth-order valence-corrected chi connectivity index (χ4v) is 0.611. The monoisotopic (exact) mass is 123 g/mol. The van der Waals surface area contributed by atoms with E-state index in [0.29, 0.717) is 11.5 Å². The molecule has 0 heterocycles. The van der Waals surface area contributed by atoms with E-state index in [9.17, 15) is 0 Å². The zero-order chi connectivity index (χ0) is 7.28. The molecule has 1 nitrogen and oxygen atoms in total. The molecule has 0 aromatic rings. The summed E-state index contributed by atoms with van der Waals surface area (Å²) >= 11 is 0. The minimum absolute atomic E-state index is 0.608. The Bertz CT molecular complexity index is 130. The summed E-state index contributed by atoms with van der Waals surface area (Å²) in [4.78, 5) is 0. The zero-order valence-electron chi connectivity index (χ0n) is 6.15. The number of hydrogen-bond donors (Lipinski definition) is 0. The lowest BCUT2D eigenvalue weighted by Crippen LogP contribution is -1.91. The molecular weight excluding hydrogens is 110 g/mol. The number of allylic oxidation sites excluding steroid dienone is 1. The van der Waals surface area contributed by atoms with Crippen molar-refractivity contribution in [2.24, 2.45) is 5.92 Å². The van der Waals surface area contributed by atoms with Crippen LogP contribution in [-0.4, -0.2) is 0 Å². The first-order valence-corrected chi connectivity index (χ1v) is 3.28. The second-order valence-corrected chi connectivity index (χ2v) is 2.43. The zero-order valence-corrected chi connectivity index (χ0v) is 6.15. The smallest absolute Gasteiger partial charge is 0.0940 e. The number of nitrogens with zero attached hydrogens (tertiary/aromatic N) is 1. The van der Waals surface area contributed by atoms with Crippen LogP contribution in [0.5, 0.6) is 0 Å². The number of nitriles is 1. The maximum atomic E-state index is 8.33. The van der Waals surface area contributed by atoms with Crippen molar-refractivity contribution >= 4 is 0 Å². The molecule has 1 heteroatoms. The Morgan fingerprint density at radius 2 is 2.33 bits per heavy atom. The van der Waals surface area contributed by atoms with E-state index in [2.05, 4.69) is 20.4 Å². The molecule has 0 aromatic heterocycles. The summed E-state index contributed by atoms with van der Waals surface area (Å²) in [5.41, 5.74) is 0.698. The van der Waals surface area contributed by atoms with E-state index in [4.69, 9.17) is 5.26 Å². The van der Waals surface area contributed by atoms with Crippen molar-refractivity contribution < 1.29 is 0 Å². The lowest BCUT2D eigenvalue weighted by atomic mass is 10.0. The first kappa shape index (κ1) is 8.23. The normalized spacial score (nSPS) is 12.1. The van der Waals surface area contributed by atoms with Gasteiger partial charge < -0.3 is 0 Å². The Kier molecular flexibility index (Phi) is 3.79. The molecule has 0 bridgehead atoms. The van der Waals surface area contributed by atoms with Crippen molar-refractivity contribution in [1.82, 2.24) is 0 Å². The van der Waals surface area contributed by atoms with Gasteiger partial charge in [-0.2, -0.15) is 5.26 Å². The molecule has 0 N–H and O–H groups in total. The Balaban J connectivity index is 3.50. The average Bonchev–Trinajstić information content (AvgIpc) is 1.87. The molecule has 0 saturated heterocycles. The number of rotatable bonds is 3. The predicted octanol–water partition coefficient (Wildman–Crippen LogP) is 2.50. The molecule has 0 amide bonds. The SMILES string of the molecule is C=C(C#N)C[C@@H](C)CC. The van der Waals surface area contributed by atoms with Crippen LogP contribution in [0.4, 0.5) is 0 Å². The van der Waals surface area contributed by atoms with Crippen LogP contribution in [0.1, 0.15) is 26.7 Å². The van der Waals surface area contributed by atoms with Crippen molar-refractivity contribution in [1.29, 1.82) is 5.26 Å². The Morgan fingerprint density at radius 3 is 2.67 bits per heavy atom. The van der Waals surface area contributed by atoms with Gasteiger partial charge in [-0.1, -0.05) is 26.8 Å². The molecule has 0 spiro atoms. The van der Waals surface area contributed by atoms with Crippen LogP contribution in [0.15, 0.2) is 12.2 Å². The van der Waals surface area contributed by atoms with Gasteiger partial charge in [0, 0.05) is 5.57 Å². The van der Waals surface area contributed by atoms with Crippen molar-refractivity contribution in [3.05, 3.63) is 12.2 Å². The lowest BCUT2D eigenvalue weighted by molar-refractivity contribution is 0.564. The maximum absolute atomic E-state index is 8.33. The highest BCUT2D eigenvalue weighted by molar-refractivity contribution is 5.15. The minimum Gasteiger partial charge on any atom is -0.193 e. The molecule has 0 unspecified atom stereocenters. The largest absolute Gasteiger partial charge is 0.193 e. The molecule has 0 aliphatic heterocycles. The summed E-state index contributed by atoms with van der Waals surface area (Å²) < 4.78 is 0. The summed E-state index contributed by atoms with van der Waals surface area (Å²) in [6.07, 6.45) is 1.98. The summed E-state index contributed by atoms with van der Waals surface area (Å²) in [6.45, 7) is 7.85. The molecule has 0 radical (unpaired) electrons.